The van der Waals surface area contributed by atoms with Gasteiger partial charge >= 0.3 is 0 Å². The van der Waals surface area contributed by atoms with E-state index < -0.39 is 6.04 Å². The summed E-state index contributed by atoms with van der Waals surface area (Å²) in [6.07, 6.45) is -0.171. The van der Waals surface area contributed by atoms with E-state index in [1.54, 1.807) is 11.8 Å². The number of nitrogens with zero attached hydrogens (tertiary/aromatic N) is 1. The van der Waals surface area contributed by atoms with Gasteiger partial charge in [-0.15, -0.1) is 0 Å². The van der Waals surface area contributed by atoms with Crippen LogP contribution in [-0.4, -0.2) is 42.1 Å². The van der Waals surface area contributed by atoms with Crippen molar-refractivity contribution < 1.29 is 14.3 Å². The van der Waals surface area contributed by atoms with Crippen molar-refractivity contribution in [3.8, 4) is 11.5 Å². The Balaban J connectivity index is 2.04. The van der Waals surface area contributed by atoms with Gasteiger partial charge < -0.3 is 20.1 Å². The zero-order chi connectivity index (χ0) is 14.7. The zero-order valence-corrected chi connectivity index (χ0v) is 12.2. The fraction of sp³-hybridized carbons (Fsp3) is 0.533. The van der Waals surface area contributed by atoms with Gasteiger partial charge in [0.1, 0.15) is 6.61 Å². The number of carbonyl (C=O) groups excluding carboxylic acids is 1. The molecule has 0 spiro atoms. The van der Waals surface area contributed by atoms with Gasteiger partial charge in [-0.2, -0.15) is 0 Å². The summed E-state index contributed by atoms with van der Waals surface area (Å²) < 4.78 is 11.5. The molecule has 0 saturated heterocycles. The number of hydrogen-bond acceptors (Lipinski definition) is 4. The Bertz CT molecular complexity index is 474. The number of nitrogens with two attached hydrogens (primary N) is 1. The molecule has 0 fully saturated rings. The van der Waals surface area contributed by atoms with Crippen molar-refractivity contribution >= 4 is 5.91 Å². The van der Waals surface area contributed by atoms with Gasteiger partial charge in [-0.3, -0.25) is 4.79 Å². The Morgan fingerprint density at radius 1 is 1.35 bits per heavy atom. The Hall–Kier alpha value is -1.75. The molecule has 1 heterocycles. The first-order chi connectivity index (χ1) is 9.49. The second-order valence-electron chi connectivity index (χ2n) is 5.37. The van der Waals surface area contributed by atoms with Crippen LogP contribution in [0.3, 0.4) is 0 Å². The summed E-state index contributed by atoms with van der Waals surface area (Å²) >= 11 is 0. The van der Waals surface area contributed by atoms with Crippen LogP contribution in [-0.2, 0) is 4.79 Å². The molecule has 5 nitrogen and oxygen atoms in total. The molecule has 0 aliphatic carbocycles. The smallest absolute Gasteiger partial charge is 0.239 e. The van der Waals surface area contributed by atoms with Gasteiger partial charge in [0.25, 0.3) is 0 Å². The molecule has 0 saturated carbocycles. The maximum absolute atomic E-state index is 12.1. The van der Waals surface area contributed by atoms with Crippen LogP contribution in [0.1, 0.15) is 20.8 Å². The SMILES string of the molecule is CC(C)N(C[C@@H]1COc2ccccc2O1)C(=O)[C@H](C)N. The van der Waals surface area contributed by atoms with E-state index in [1.807, 2.05) is 38.1 Å². The molecule has 5 heteroatoms. The summed E-state index contributed by atoms with van der Waals surface area (Å²) in [5.41, 5.74) is 5.69. The Labute approximate surface area is 119 Å². The third kappa shape index (κ3) is 3.22. The summed E-state index contributed by atoms with van der Waals surface area (Å²) in [4.78, 5) is 13.9. The molecule has 2 atom stereocenters. The number of carbonyl (C=O) groups is 1. The van der Waals surface area contributed by atoms with Crippen molar-refractivity contribution in [2.24, 2.45) is 5.73 Å². The predicted molar refractivity (Wildman–Crippen MR) is 76.9 cm³/mol. The first-order valence-electron chi connectivity index (χ1n) is 6.93. The number of fused-ring (bicyclic) bond motifs is 1. The van der Waals surface area contributed by atoms with Crippen LogP contribution in [0.4, 0.5) is 0 Å². The second kappa shape index (κ2) is 6.13. The molecule has 0 radical (unpaired) electrons. The molecule has 0 unspecified atom stereocenters. The van der Waals surface area contributed by atoms with E-state index in [2.05, 4.69) is 0 Å². The van der Waals surface area contributed by atoms with Crippen LogP contribution >= 0.6 is 0 Å². The van der Waals surface area contributed by atoms with Crippen LogP contribution in [0.5, 0.6) is 11.5 Å². The lowest BCUT2D eigenvalue weighted by Crippen LogP contribution is -2.51. The molecular weight excluding hydrogens is 256 g/mol. The van der Waals surface area contributed by atoms with E-state index in [-0.39, 0.29) is 18.1 Å². The van der Waals surface area contributed by atoms with E-state index in [9.17, 15) is 4.79 Å². The van der Waals surface area contributed by atoms with Gasteiger partial charge in [0, 0.05) is 6.04 Å². The molecule has 0 aromatic heterocycles. The Kier molecular flexibility index (Phi) is 4.49. The second-order valence-corrected chi connectivity index (χ2v) is 5.37. The fourth-order valence-electron chi connectivity index (χ4n) is 2.19. The third-order valence-electron chi connectivity index (χ3n) is 3.26. The minimum atomic E-state index is -0.505. The van der Waals surface area contributed by atoms with Gasteiger partial charge in [0.05, 0.1) is 12.6 Å². The number of benzene rings is 1. The van der Waals surface area contributed by atoms with Crippen LogP contribution in [0.2, 0.25) is 0 Å². The van der Waals surface area contributed by atoms with Gasteiger partial charge in [-0.1, -0.05) is 12.1 Å². The number of amides is 1. The van der Waals surface area contributed by atoms with E-state index in [0.717, 1.165) is 11.5 Å². The molecule has 110 valence electrons. The highest BCUT2D eigenvalue weighted by atomic mass is 16.6. The summed E-state index contributed by atoms with van der Waals surface area (Å²) in [5, 5.41) is 0. The van der Waals surface area contributed by atoms with E-state index in [4.69, 9.17) is 15.2 Å². The lowest BCUT2D eigenvalue weighted by molar-refractivity contribution is -0.135. The van der Waals surface area contributed by atoms with Crippen LogP contribution in [0, 0.1) is 0 Å². The summed E-state index contributed by atoms with van der Waals surface area (Å²) in [6, 6.07) is 7.12. The largest absolute Gasteiger partial charge is 0.486 e. The molecule has 1 aliphatic heterocycles. The van der Waals surface area contributed by atoms with Crippen molar-refractivity contribution in [1.29, 1.82) is 0 Å². The van der Waals surface area contributed by atoms with Crippen molar-refractivity contribution in [1.82, 2.24) is 4.90 Å². The number of para-hydroxylation sites is 2. The normalized spacial score (nSPS) is 18.8. The molecule has 1 amide bonds. The quantitative estimate of drug-likeness (QED) is 0.904. The van der Waals surface area contributed by atoms with Crippen molar-refractivity contribution in [2.45, 2.75) is 39.0 Å². The number of hydrogen-bond donors (Lipinski definition) is 1. The van der Waals surface area contributed by atoms with Crippen LogP contribution < -0.4 is 15.2 Å². The van der Waals surface area contributed by atoms with Crippen molar-refractivity contribution in [2.75, 3.05) is 13.2 Å². The predicted octanol–water partition coefficient (Wildman–Crippen LogP) is 1.41. The molecule has 20 heavy (non-hydrogen) atoms. The van der Waals surface area contributed by atoms with Gasteiger partial charge in [0.2, 0.25) is 5.91 Å². The third-order valence-corrected chi connectivity index (χ3v) is 3.26. The minimum absolute atomic E-state index is 0.0672. The first kappa shape index (κ1) is 14.7. The van der Waals surface area contributed by atoms with E-state index in [1.165, 1.54) is 0 Å². The molecule has 2 N–H and O–H groups in total. The zero-order valence-electron chi connectivity index (χ0n) is 12.2. The monoisotopic (exact) mass is 278 g/mol. The lowest BCUT2D eigenvalue weighted by atomic mass is 10.2. The minimum Gasteiger partial charge on any atom is -0.486 e. The topological polar surface area (TPSA) is 64.8 Å². The number of rotatable bonds is 4. The highest BCUT2D eigenvalue weighted by Gasteiger charge is 2.27. The molecule has 1 aliphatic rings. The average molecular weight is 278 g/mol. The molecule has 2 rings (SSSR count). The summed E-state index contributed by atoms with van der Waals surface area (Å²) in [7, 11) is 0. The standard InChI is InChI=1S/C15H22N2O3/c1-10(2)17(15(18)11(3)16)8-12-9-19-13-6-4-5-7-14(13)20-12/h4-7,10-12H,8-9,16H2,1-3H3/t11-,12+/m0/s1. The first-order valence-corrected chi connectivity index (χ1v) is 6.93. The Morgan fingerprint density at radius 3 is 2.60 bits per heavy atom. The number of ether oxygens (including phenoxy) is 2. The lowest BCUT2D eigenvalue weighted by Gasteiger charge is -2.34. The maximum atomic E-state index is 12.1. The van der Waals surface area contributed by atoms with Crippen molar-refractivity contribution in [3.05, 3.63) is 24.3 Å². The summed E-state index contributed by atoms with van der Waals surface area (Å²) in [6.45, 7) is 6.56. The van der Waals surface area contributed by atoms with Gasteiger partial charge in [-0.25, -0.2) is 0 Å². The van der Waals surface area contributed by atoms with Crippen molar-refractivity contribution in [3.63, 3.8) is 0 Å². The molecule has 0 bridgehead atoms. The van der Waals surface area contributed by atoms with Gasteiger partial charge in [-0.05, 0) is 32.9 Å². The molecule has 1 aromatic carbocycles. The maximum Gasteiger partial charge on any atom is 0.239 e. The molecule has 1 aromatic rings. The summed E-state index contributed by atoms with van der Waals surface area (Å²) in [5.74, 6) is 1.40. The Morgan fingerprint density at radius 2 is 2.00 bits per heavy atom. The van der Waals surface area contributed by atoms with Crippen LogP contribution in [0.25, 0.3) is 0 Å². The van der Waals surface area contributed by atoms with E-state index in [0.29, 0.717) is 13.2 Å². The average Bonchev–Trinajstić information content (AvgIpc) is 2.43. The highest BCUT2D eigenvalue weighted by molar-refractivity contribution is 5.81. The highest BCUT2D eigenvalue weighted by Crippen LogP contribution is 2.31. The van der Waals surface area contributed by atoms with Gasteiger partial charge in [0.15, 0.2) is 17.6 Å². The fourth-order valence-corrected chi connectivity index (χ4v) is 2.19. The van der Waals surface area contributed by atoms with E-state index >= 15 is 0 Å². The molecular formula is C15H22N2O3. The van der Waals surface area contributed by atoms with Crippen LogP contribution in [0.15, 0.2) is 24.3 Å².